The highest BCUT2D eigenvalue weighted by Crippen LogP contribution is 2.60. The molecule has 0 saturated carbocycles. The summed E-state index contributed by atoms with van der Waals surface area (Å²) in [6.45, 7) is 49.4. The minimum absolute atomic E-state index is 0.0609. The van der Waals surface area contributed by atoms with Gasteiger partial charge < -0.3 is 14.4 Å². The van der Waals surface area contributed by atoms with Crippen molar-refractivity contribution in [2.24, 2.45) is 0 Å². The molecular weight excluding hydrogens is 1480 g/mol. The van der Waals surface area contributed by atoms with Crippen LogP contribution in [0.5, 0.6) is 0 Å². The summed E-state index contributed by atoms with van der Waals surface area (Å²) in [4.78, 5) is 5.57. The first-order chi connectivity index (χ1) is 58.4. The van der Waals surface area contributed by atoms with Crippen molar-refractivity contribution in [3.05, 3.63) is 383 Å². The third kappa shape index (κ3) is 13.6. The predicted molar refractivity (Wildman–Crippen MR) is 530 cm³/mol. The average Bonchev–Trinajstić information content (AvgIpc) is 1.48. The van der Waals surface area contributed by atoms with Crippen LogP contribution in [0, 0.1) is 0 Å². The number of fused-ring (bicyclic) bond motifs is 10. The first-order valence-corrected chi connectivity index (χ1v) is 44.6. The van der Waals surface area contributed by atoms with E-state index in [2.05, 4.69) is 481 Å². The average molecular weight is 1600 g/mol. The topological polar surface area (TPSA) is 11.4 Å². The van der Waals surface area contributed by atoms with E-state index in [1.54, 1.807) is 0 Å². The van der Waals surface area contributed by atoms with Crippen LogP contribution in [-0.4, -0.2) is 11.3 Å². The quantitative estimate of drug-likeness (QED) is 0.126. The Hall–Kier alpha value is -12.2. The lowest BCUT2D eigenvalue weighted by atomic mass is 9.33. The van der Waals surface area contributed by atoms with Crippen molar-refractivity contribution in [2.45, 2.75) is 189 Å². The number of hydrogen-bond acceptors (Lipinski definition) is 2. The molecule has 0 spiro atoms. The molecule has 0 N–H and O–H groups in total. The predicted octanol–water partition coefficient (Wildman–Crippen LogP) is 30.6. The summed E-state index contributed by atoms with van der Waals surface area (Å²) in [5, 5.41) is 2.43. The van der Waals surface area contributed by atoms with Gasteiger partial charge in [0, 0.05) is 61.5 Å². The molecule has 0 atom stereocenters. The summed E-state index contributed by atoms with van der Waals surface area (Å²) < 4.78 is 2.62. The SMILES string of the molecule is CC(C)(C)c1ccc(-c2cc(C(C)(C)C)cc(-c3ccc(C(C)(C)C)cc3)c2N2c3ccc(-c4ccccc4)cc3B3c4ccc(-n5c6ccccc6c6cc7c(cc65)C(c5ccccc5)(c5ccccc5)c5ccccc5-7)cc4N(c4c(-c5ccc(C(C)(C)C)cc5)cc(C(C)(C)C)cc4-c4ccc(C(C)(C)C)cc4)c4cc(C(C)(C)C)cc2c43)cc1. The Morgan fingerprint density at radius 2 is 0.610 bits per heavy atom. The van der Waals surface area contributed by atoms with Crippen molar-refractivity contribution in [2.75, 3.05) is 9.80 Å². The number of hydrogen-bond donors (Lipinski definition) is 0. The molecule has 0 saturated heterocycles. The minimum atomic E-state index is -0.629. The lowest BCUT2D eigenvalue weighted by Crippen LogP contribution is -2.61. The lowest BCUT2D eigenvalue weighted by molar-refractivity contribution is 0.589. The van der Waals surface area contributed by atoms with Gasteiger partial charge >= 0.3 is 0 Å². The first kappa shape index (κ1) is 80.5. The van der Waals surface area contributed by atoms with Gasteiger partial charge in [0.15, 0.2) is 0 Å². The van der Waals surface area contributed by atoms with E-state index in [4.69, 9.17) is 0 Å². The van der Waals surface area contributed by atoms with E-state index in [1.807, 2.05) is 0 Å². The van der Waals surface area contributed by atoms with Gasteiger partial charge in [-0.2, -0.15) is 0 Å². The van der Waals surface area contributed by atoms with Gasteiger partial charge in [0.05, 0.1) is 27.8 Å². The fourth-order valence-electron chi connectivity index (χ4n) is 20.1. The Morgan fingerprint density at radius 1 is 0.228 bits per heavy atom. The zero-order valence-electron chi connectivity index (χ0n) is 76.0. The molecule has 0 amide bonds. The monoisotopic (exact) mass is 1600 g/mol. The van der Waals surface area contributed by atoms with Crippen LogP contribution in [0.15, 0.2) is 322 Å². The molecule has 16 aromatic rings. The van der Waals surface area contributed by atoms with E-state index in [9.17, 15) is 0 Å². The van der Waals surface area contributed by atoms with E-state index in [-0.39, 0.29) is 44.6 Å². The maximum Gasteiger partial charge on any atom is 0.252 e. The molecule has 0 unspecified atom stereocenters. The zero-order valence-corrected chi connectivity index (χ0v) is 76.0. The molecule has 123 heavy (non-hydrogen) atoms. The largest absolute Gasteiger partial charge is 0.310 e. The fourth-order valence-corrected chi connectivity index (χ4v) is 20.1. The van der Waals surface area contributed by atoms with Crippen molar-refractivity contribution < 1.29 is 0 Å². The summed E-state index contributed by atoms with van der Waals surface area (Å²) in [7, 11) is 0. The molecule has 3 heterocycles. The highest BCUT2D eigenvalue weighted by atomic mass is 15.2. The van der Waals surface area contributed by atoms with Gasteiger partial charge in [0.1, 0.15) is 0 Å². The van der Waals surface area contributed by atoms with Gasteiger partial charge in [0.2, 0.25) is 0 Å². The Labute approximate surface area is 732 Å². The molecule has 2 aliphatic heterocycles. The molecule has 1 aliphatic carbocycles. The van der Waals surface area contributed by atoms with E-state index >= 15 is 0 Å². The van der Waals surface area contributed by atoms with Crippen LogP contribution in [0.25, 0.3) is 94.3 Å². The Bertz CT molecular complexity index is 6630. The number of anilines is 6. The number of rotatable bonds is 10. The Kier molecular flexibility index (Phi) is 18.9. The molecule has 19 rings (SSSR count). The second-order valence-electron chi connectivity index (χ2n) is 42.6. The second kappa shape index (κ2) is 29.0. The van der Waals surface area contributed by atoms with Crippen LogP contribution in [-0.2, 0) is 43.3 Å². The molecular formula is C119H116BN3. The van der Waals surface area contributed by atoms with Crippen LogP contribution >= 0.6 is 0 Å². The van der Waals surface area contributed by atoms with Crippen molar-refractivity contribution in [3.63, 3.8) is 0 Å². The molecule has 15 aromatic carbocycles. The number of aromatic nitrogens is 1. The van der Waals surface area contributed by atoms with Crippen molar-refractivity contribution in [3.8, 4) is 72.4 Å². The van der Waals surface area contributed by atoms with Gasteiger partial charge in [-0.1, -0.05) is 394 Å². The standard InChI is InChI=1S/C119H116BN3/c1-112(2,3)81-54-45-76(46-55-81)93-66-87(116(13,14)15)67-94(77-47-56-82(57-48-77)113(4,5)6)110(93)122-104-64-53-80(75-35-25-22-26-36-75)65-102(104)120-101-63-62-90(121-103-44-34-32-42-92(103)98-73-97-91-41-31-33-43-99(91)119(100(97)74-105(98)121,85-37-27-23-28-38-85)86-39-29-24-30-40-86)72-106(101)123(108-71-89(118(19,20)21)70-107(122)109(108)120)111-95(78-49-58-83(59-50-78)114(7,8)9)68-88(117(16,17)18)69-96(111)79-51-60-84(61-52-79)115(10,11)12/h22-74H,1-21H3. The number of para-hydroxylation sites is 1. The van der Waals surface area contributed by atoms with E-state index in [1.165, 1.54) is 150 Å². The lowest BCUT2D eigenvalue weighted by Gasteiger charge is -2.47. The summed E-state index contributed by atoms with van der Waals surface area (Å²) in [6.07, 6.45) is 0. The number of nitrogens with zero attached hydrogens (tertiary/aromatic N) is 3. The fraction of sp³-hybridized carbons (Fsp3) is 0.244. The van der Waals surface area contributed by atoms with Gasteiger partial charge in [0.25, 0.3) is 6.71 Å². The first-order valence-electron chi connectivity index (χ1n) is 44.6. The Balaban J connectivity index is 0.993. The van der Waals surface area contributed by atoms with Gasteiger partial charge in [-0.3, -0.25) is 0 Å². The maximum absolute atomic E-state index is 2.80. The Morgan fingerprint density at radius 3 is 1.05 bits per heavy atom. The zero-order chi connectivity index (χ0) is 86.1. The van der Waals surface area contributed by atoms with Gasteiger partial charge in [-0.15, -0.1) is 0 Å². The van der Waals surface area contributed by atoms with Gasteiger partial charge in [-0.05, 0) is 233 Å². The van der Waals surface area contributed by atoms with Crippen molar-refractivity contribution in [1.29, 1.82) is 0 Å². The molecule has 0 bridgehead atoms. The van der Waals surface area contributed by atoms with Crippen LogP contribution < -0.4 is 26.2 Å². The molecule has 0 radical (unpaired) electrons. The van der Waals surface area contributed by atoms with Crippen LogP contribution in [0.2, 0.25) is 0 Å². The maximum atomic E-state index is 2.80. The highest BCUT2D eigenvalue weighted by molar-refractivity contribution is 7.00. The van der Waals surface area contributed by atoms with Crippen molar-refractivity contribution in [1.82, 2.24) is 4.57 Å². The number of benzene rings is 15. The summed E-state index contributed by atoms with van der Waals surface area (Å²) in [5.41, 5.74) is 40.6. The van der Waals surface area contributed by atoms with Crippen LogP contribution in [0.4, 0.5) is 34.1 Å². The third-order valence-electron chi connectivity index (χ3n) is 27.2. The van der Waals surface area contributed by atoms with E-state index in [0.717, 1.165) is 56.3 Å². The smallest absolute Gasteiger partial charge is 0.252 e. The molecule has 0 fully saturated rings. The van der Waals surface area contributed by atoms with Crippen molar-refractivity contribution >= 4 is 79.0 Å². The van der Waals surface area contributed by atoms with Crippen LogP contribution in [0.3, 0.4) is 0 Å². The van der Waals surface area contributed by atoms with Gasteiger partial charge in [-0.25, -0.2) is 0 Å². The summed E-state index contributed by atoms with van der Waals surface area (Å²) >= 11 is 0. The highest BCUT2D eigenvalue weighted by Gasteiger charge is 2.49. The molecule has 4 heteroatoms. The third-order valence-corrected chi connectivity index (χ3v) is 27.2. The normalized spacial score (nSPS) is 13.9. The minimum Gasteiger partial charge on any atom is -0.310 e. The summed E-state index contributed by atoms with van der Waals surface area (Å²) in [5.74, 6) is 0. The molecule has 3 aliphatic rings. The summed E-state index contributed by atoms with van der Waals surface area (Å²) in [6, 6.07) is 126. The van der Waals surface area contributed by atoms with E-state index < -0.39 is 5.41 Å². The second-order valence-corrected chi connectivity index (χ2v) is 42.6. The molecule has 610 valence electrons. The van der Waals surface area contributed by atoms with Crippen LogP contribution in [0.1, 0.15) is 207 Å². The van der Waals surface area contributed by atoms with E-state index in [0.29, 0.717) is 0 Å². The molecule has 3 nitrogen and oxygen atoms in total. The molecule has 1 aromatic heterocycles.